The molecule has 1 N–H and O–H groups in total. The Hall–Kier alpha value is -1.71. The van der Waals surface area contributed by atoms with Crippen molar-refractivity contribution in [2.45, 2.75) is 63.9 Å². The van der Waals surface area contributed by atoms with Gasteiger partial charge in [0, 0.05) is 15.2 Å². The highest BCUT2D eigenvalue weighted by molar-refractivity contribution is 7.89. The van der Waals surface area contributed by atoms with Gasteiger partial charge in [0.15, 0.2) is 0 Å². The molecule has 2 rings (SSSR count). The summed E-state index contributed by atoms with van der Waals surface area (Å²) in [6.07, 6.45) is 4.46. The number of rotatable bonds is 10. The van der Waals surface area contributed by atoms with Crippen LogP contribution in [-0.2, 0) is 10.8 Å². The lowest BCUT2D eigenvalue weighted by atomic mass is 9.76. The second-order valence-electron chi connectivity index (χ2n) is 7.55. The van der Waals surface area contributed by atoms with E-state index in [1.807, 2.05) is 68.4 Å². The number of benzene rings is 2. The largest absolute Gasteiger partial charge is 0.387 e. The van der Waals surface area contributed by atoms with Crippen molar-refractivity contribution >= 4 is 10.8 Å². The molecular weight excluding hydrogens is 352 g/mol. The molecule has 0 fully saturated rings. The van der Waals surface area contributed by atoms with Crippen molar-refractivity contribution in [3.8, 4) is 0 Å². The van der Waals surface area contributed by atoms with Crippen molar-refractivity contribution in [2.75, 3.05) is 0 Å². The molecule has 0 saturated carbocycles. The standard InChI is InChI=1S/C24H32O2S/c1-5-6-7-11-18-24(4,23(25)21-12-9-8-10-13-21)20(3)27(26)22-16-14-19(2)15-17-22/h8-10,12-17,23,25H,3,5-7,11,18H2,1-2,4H3/t23-,24+,27-/m1/s1. The summed E-state index contributed by atoms with van der Waals surface area (Å²) in [6.45, 7) is 10.4. The van der Waals surface area contributed by atoms with Crippen LogP contribution in [0.4, 0.5) is 0 Å². The van der Waals surface area contributed by atoms with Crippen molar-refractivity contribution in [3.05, 3.63) is 77.2 Å². The van der Waals surface area contributed by atoms with Crippen molar-refractivity contribution in [1.29, 1.82) is 0 Å². The molecule has 3 atom stereocenters. The second-order valence-corrected chi connectivity index (χ2v) is 9.05. The van der Waals surface area contributed by atoms with E-state index in [1.165, 1.54) is 6.42 Å². The van der Waals surface area contributed by atoms with Gasteiger partial charge in [0.05, 0.1) is 16.9 Å². The molecule has 2 aromatic rings. The summed E-state index contributed by atoms with van der Waals surface area (Å²) in [4.78, 5) is 1.34. The van der Waals surface area contributed by atoms with E-state index in [-0.39, 0.29) is 0 Å². The summed E-state index contributed by atoms with van der Waals surface area (Å²) in [7, 11) is -1.36. The molecule has 0 unspecified atom stereocenters. The smallest absolute Gasteiger partial charge is 0.0889 e. The molecule has 0 amide bonds. The highest BCUT2D eigenvalue weighted by Crippen LogP contribution is 2.46. The van der Waals surface area contributed by atoms with Crippen LogP contribution in [-0.4, -0.2) is 9.32 Å². The molecule has 27 heavy (non-hydrogen) atoms. The predicted molar refractivity (Wildman–Crippen MR) is 115 cm³/mol. The summed E-state index contributed by atoms with van der Waals surface area (Å²) in [5, 5.41) is 11.2. The van der Waals surface area contributed by atoms with Crippen LogP contribution in [0.3, 0.4) is 0 Å². The SMILES string of the molecule is C=C([S@@](=O)c1ccc(C)cc1)[C@](C)(CCCCCC)[C@H](O)c1ccccc1. The number of hydrogen-bond acceptors (Lipinski definition) is 2. The van der Waals surface area contributed by atoms with E-state index in [9.17, 15) is 9.32 Å². The lowest BCUT2D eigenvalue weighted by molar-refractivity contribution is 0.0591. The minimum absolute atomic E-state index is 0.596. The van der Waals surface area contributed by atoms with Gasteiger partial charge in [-0.25, -0.2) is 4.21 Å². The van der Waals surface area contributed by atoms with Gasteiger partial charge in [-0.15, -0.1) is 0 Å². The lowest BCUT2D eigenvalue weighted by Crippen LogP contribution is -2.30. The van der Waals surface area contributed by atoms with Crippen LogP contribution in [0.25, 0.3) is 0 Å². The lowest BCUT2D eigenvalue weighted by Gasteiger charge is -2.36. The maximum absolute atomic E-state index is 13.2. The van der Waals surface area contributed by atoms with Crippen molar-refractivity contribution in [2.24, 2.45) is 5.41 Å². The van der Waals surface area contributed by atoms with E-state index in [1.54, 1.807) is 0 Å². The fourth-order valence-electron chi connectivity index (χ4n) is 3.37. The average molecular weight is 385 g/mol. The molecule has 0 saturated heterocycles. The number of aryl methyl sites for hydroxylation is 1. The average Bonchev–Trinajstić information content (AvgIpc) is 2.70. The van der Waals surface area contributed by atoms with Crippen LogP contribution in [0, 0.1) is 12.3 Å². The maximum Gasteiger partial charge on any atom is 0.0889 e. The fourth-order valence-corrected chi connectivity index (χ4v) is 4.67. The van der Waals surface area contributed by atoms with E-state index in [4.69, 9.17) is 0 Å². The van der Waals surface area contributed by atoms with Crippen molar-refractivity contribution < 1.29 is 9.32 Å². The Morgan fingerprint density at radius 3 is 2.30 bits per heavy atom. The molecule has 0 aliphatic heterocycles. The molecule has 146 valence electrons. The molecule has 2 aromatic carbocycles. The summed E-state index contributed by atoms with van der Waals surface area (Å²) in [5.74, 6) is 0. The summed E-state index contributed by atoms with van der Waals surface area (Å²) in [5.41, 5.74) is 1.33. The molecule has 3 heteroatoms. The van der Waals surface area contributed by atoms with Gasteiger partial charge in [-0.2, -0.15) is 0 Å². The molecule has 0 heterocycles. The van der Waals surface area contributed by atoms with Crippen LogP contribution in [0.2, 0.25) is 0 Å². The molecule has 2 nitrogen and oxygen atoms in total. The summed E-state index contributed by atoms with van der Waals surface area (Å²) in [6, 6.07) is 17.4. The van der Waals surface area contributed by atoms with Crippen LogP contribution in [0.1, 0.15) is 63.2 Å². The summed E-state index contributed by atoms with van der Waals surface area (Å²) >= 11 is 0. The van der Waals surface area contributed by atoms with Gasteiger partial charge < -0.3 is 5.11 Å². The van der Waals surface area contributed by atoms with Gasteiger partial charge in [0.1, 0.15) is 0 Å². The van der Waals surface area contributed by atoms with Crippen LogP contribution in [0.5, 0.6) is 0 Å². The highest BCUT2D eigenvalue weighted by Gasteiger charge is 2.39. The van der Waals surface area contributed by atoms with E-state index in [0.717, 1.165) is 41.7 Å². The van der Waals surface area contributed by atoms with E-state index in [0.29, 0.717) is 4.91 Å². The third-order valence-corrected chi connectivity index (χ3v) is 6.98. The van der Waals surface area contributed by atoms with Gasteiger partial charge >= 0.3 is 0 Å². The molecule has 0 radical (unpaired) electrons. The molecule has 0 aliphatic carbocycles. The molecule has 0 spiro atoms. The topological polar surface area (TPSA) is 37.3 Å². The minimum atomic E-state index is -1.36. The summed E-state index contributed by atoms with van der Waals surface area (Å²) < 4.78 is 13.2. The maximum atomic E-state index is 13.2. The highest BCUT2D eigenvalue weighted by atomic mass is 32.2. The molecule has 0 bridgehead atoms. The number of aliphatic hydroxyl groups excluding tert-OH is 1. The predicted octanol–water partition coefficient (Wildman–Crippen LogP) is 6.33. The van der Waals surface area contributed by atoms with Crippen molar-refractivity contribution in [3.63, 3.8) is 0 Å². The zero-order valence-electron chi connectivity index (χ0n) is 16.8. The Kier molecular flexibility index (Phi) is 8.00. The molecular formula is C24H32O2S. The van der Waals surface area contributed by atoms with Crippen LogP contribution < -0.4 is 0 Å². The van der Waals surface area contributed by atoms with Crippen molar-refractivity contribution in [1.82, 2.24) is 0 Å². The number of hydrogen-bond donors (Lipinski definition) is 1. The first-order chi connectivity index (χ1) is 12.9. The van der Waals surface area contributed by atoms with Gasteiger partial charge in [0.25, 0.3) is 0 Å². The van der Waals surface area contributed by atoms with Gasteiger partial charge in [-0.3, -0.25) is 0 Å². The first-order valence-corrected chi connectivity index (χ1v) is 11.0. The molecule has 0 aliphatic rings. The van der Waals surface area contributed by atoms with E-state index in [2.05, 4.69) is 13.5 Å². The van der Waals surface area contributed by atoms with E-state index < -0.39 is 22.3 Å². The Morgan fingerprint density at radius 1 is 1.07 bits per heavy atom. The van der Waals surface area contributed by atoms with Crippen LogP contribution in [0.15, 0.2) is 71.0 Å². The first kappa shape index (κ1) is 21.6. The normalized spacial score (nSPS) is 15.7. The zero-order valence-corrected chi connectivity index (χ0v) is 17.6. The number of unbranched alkanes of at least 4 members (excludes halogenated alkanes) is 3. The minimum Gasteiger partial charge on any atom is -0.387 e. The zero-order chi connectivity index (χ0) is 19.9. The second kappa shape index (κ2) is 10.0. The Bertz CT molecular complexity index is 752. The third-order valence-electron chi connectivity index (χ3n) is 5.36. The Morgan fingerprint density at radius 2 is 1.70 bits per heavy atom. The third kappa shape index (κ3) is 5.40. The van der Waals surface area contributed by atoms with Gasteiger partial charge in [-0.05, 0) is 31.0 Å². The molecule has 0 aromatic heterocycles. The van der Waals surface area contributed by atoms with Gasteiger partial charge in [0.2, 0.25) is 0 Å². The monoisotopic (exact) mass is 384 g/mol. The van der Waals surface area contributed by atoms with Gasteiger partial charge in [-0.1, -0.05) is 94.1 Å². The van der Waals surface area contributed by atoms with E-state index >= 15 is 0 Å². The Balaban J connectivity index is 2.30. The quantitative estimate of drug-likeness (QED) is 0.486. The fraction of sp³-hybridized carbons (Fsp3) is 0.417. The Labute approximate surface area is 166 Å². The van der Waals surface area contributed by atoms with Crippen LogP contribution >= 0.6 is 0 Å². The first-order valence-electron chi connectivity index (χ1n) is 9.81. The number of aliphatic hydroxyl groups is 1.